The minimum Gasteiger partial charge on any atom is -0.383 e. The smallest absolute Gasteiger partial charge is 0.126 e. The van der Waals surface area contributed by atoms with Crippen molar-refractivity contribution >= 4 is 12.4 Å². The van der Waals surface area contributed by atoms with Gasteiger partial charge in [-0.3, -0.25) is 0 Å². The van der Waals surface area contributed by atoms with Crippen LogP contribution in [0, 0.1) is 12.7 Å². The molecule has 0 saturated heterocycles. The van der Waals surface area contributed by atoms with Crippen LogP contribution in [-0.2, 0) is 4.74 Å². The topological polar surface area (TPSA) is 21.3 Å². The van der Waals surface area contributed by atoms with Crippen LogP contribution >= 0.6 is 12.4 Å². The lowest BCUT2D eigenvalue weighted by molar-refractivity contribution is 0.167. The number of nitrogens with one attached hydrogen (secondary N) is 1. The van der Waals surface area contributed by atoms with E-state index < -0.39 is 0 Å². The molecular formula is C13H21ClFNO. The first kappa shape index (κ1) is 16.4. The molecule has 1 rings (SSSR count). The highest BCUT2D eigenvalue weighted by molar-refractivity contribution is 5.85. The molecule has 0 saturated carbocycles. The third-order valence-electron chi connectivity index (χ3n) is 2.63. The van der Waals surface area contributed by atoms with Crippen molar-refractivity contribution in [3.05, 3.63) is 35.1 Å². The van der Waals surface area contributed by atoms with Crippen molar-refractivity contribution in [1.29, 1.82) is 0 Å². The molecule has 0 aliphatic carbocycles. The van der Waals surface area contributed by atoms with Crippen molar-refractivity contribution in [1.82, 2.24) is 5.32 Å². The Kier molecular flexibility index (Phi) is 7.35. The molecule has 4 heteroatoms. The second kappa shape index (κ2) is 7.64. The molecule has 1 N–H and O–H groups in total. The van der Waals surface area contributed by atoms with E-state index in [0.717, 1.165) is 5.56 Å². The van der Waals surface area contributed by atoms with E-state index in [9.17, 15) is 4.39 Å². The molecule has 0 amide bonds. The maximum Gasteiger partial charge on any atom is 0.126 e. The predicted octanol–water partition coefficient (Wildman–Crippen LogP) is 3.24. The molecule has 0 aliphatic heterocycles. The van der Waals surface area contributed by atoms with Crippen molar-refractivity contribution in [2.75, 3.05) is 13.7 Å². The first-order valence-corrected chi connectivity index (χ1v) is 5.55. The second-order valence-corrected chi connectivity index (χ2v) is 4.25. The minimum absolute atomic E-state index is 0. The van der Waals surface area contributed by atoms with E-state index in [4.69, 9.17) is 4.74 Å². The fourth-order valence-corrected chi connectivity index (χ4v) is 1.76. The van der Waals surface area contributed by atoms with E-state index in [-0.39, 0.29) is 30.3 Å². The number of hydrogen-bond donors (Lipinski definition) is 1. The standard InChI is InChI=1S/C13H20FNO.ClH/c1-9-7-12(5-6-13(9)14)11(3)15-10(2)8-16-4;/h5-7,10-11,15H,8H2,1-4H3;1H. The van der Waals surface area contributed by atoms with E-state index in [0.29, 0.717) is 12.2 Å². The Morgan fingerprint density at radius 1 is 1.35 bits per heavy atom. The Hall–Kier alpha value is -0.640. The normalized spacial score (nSPS) is 13.9. The van der Waals surface area contributed by atoms with Gasteiger partial charge in [0.25, 0.3) is 0 Å². The molecule has 0 aliphatic rings. The molecule has 1 aromatic rings. The molecule has 2 nitrogen and oxygen atoms in total. The van der Waals surface area contributed by atoms with E-state index in [1.165, 1.54) is 6.07 Å². The number of hydrogen-bond acceptors (Lipinski definition) is 2. The van der Waals surface area contributed by atoms with Crippen molar-refractivity contribution in [2.45, 2.75) is 32.9 Å². The van der Waals surface area contributed by atoms with Crippen LogP contribution in [0.3, 0.4) is 0 Å². The Balaban J connectivity index is 0.00000256. The zero-order chi connectivity index (χ0) is 12.1. The average Bonchev–Trinajstić information content (AvgIpc) is 2.22. The molecule has 0 bridgehead atoms. The third-order valence-corrected chi connectivity index (χ3v) is 2.63. The van der Waals surface area contributed by atoms with Crippen LogP contribution in [0.1, 0.15) is 31.0 Å². The number of rotatable bonds is 5. The van der Waals surface area contributed by atoms with Crippen LogP contribution in [0.25, 0.3) is 0 Å². The summed E-state index contributed by atoms with van der Waals surface area (Å²) in [6.45, 7) is 6.59. The molecule has 2 atom stereocenters. The van der Waals surface area contributed by atoms with Gasteiger partial charge in [-0.05, 0) is 38.0 Å². The monoisotopic (exact) mass is 261 g/mol. The van der Waals surface area contributed by atoms with Gasteiger partial charge in [0.1, 0.15) is 5.82 Å². The highest BCUT2D eigenvalue weighted by Crippen LogP contribution is 2.16. The van der Waals surface area contributed by atoms with Gasteiger partial charge in [-0.15, -0.1) is 12.4 Å². The number of halogens is 2. The average molecular weight is 262 g/mol. The van der Waals surface area contributed by atoms with Crippen LogP contribution in [0.2, 0.25) is 0 Å². The zero-order valence-electron chi connectivity index (χ0n) is 10.8. The minimum atomic E-state index is -0.152. The first-order valence-electron chi connectivity index (χ1n) is 5.55. The Morgan fingerprint density at radius 3 is 2.53 bits per heavy atom. The molecule has 0 fully saturated rings. The summed E-state index contributed by atoms with van der Waals surface area (Å²) in [6.07, 6.45) is 0. The third kappa shape index (κ3) is 5.02. The van der Waals surface area contributed by atoms with E-state index in [2.05, 4.69) is 19.2 Å². The molecule has 0 heterocycles. The van der Waals surface area contributed by atoms with Crippen molar-refractivity contribution in [2.24, 2.45) is 0 Å². The molecule has 17 heavy (non-hydrogen) atoms. The predicted molar refractivity (Wildman–Crippen MR) is 71.3 cm³/mol. The lowest BCUT2D eigenvalue weighted by atomic mass is 10.0. The van der Waals surface area contributed by atoms with Gasteiger partial charge in [-0.1, -0.05) is 12.1 Å². The van der Waals surface area contributed by atoms with Crippen molar-refractivity contribution in [3.63, 3.8) is 0 Å². The summed E-state index contributed by atoms with van der Waals surface area (Å²) in [5.41, 5.74) is 1.78. The van der Waals surface area contributed by atoms with Gasteiger partial charge in [-0.25, -0.2) is 4.39 Å². The van der Waals surface area contributed by atoms with Gasteiger partial charge in [-0.2, -0.15) is 0 Å². The molecule has 0 radical (unpaired) electrons. The zero-order valence-corrected chi connectivity index (χ0v) is 11.6. The SMILES string of the molecule is COCC(C)NC(C)c1ccc(F)c(C)c1.Cl. The number of aryl methyl sites for hydroxylation is 1. The van der Waals surface area contributed by atoms with Gasteiger partial charge < -0.3 is 10.1 Å². The Labute approximate surface area is 109 Å². The van der Waals surface area contributed by atoms with Gasteiger partial charge in [0.05, 0.1) is 6.61 Å². The highest BCUT2D eigenvalue weighted by Gasteiger charge is 2.10. The second-order valence-electron chi connectivity index (χ2n) is 4.25. The number of ether oxygens (including phenoxy) is 1. The fourth-order valence-electron chi connectivity index (χ4n) is 1.76. The molecule has 1 aromatic carbocycles. The van der Waals surface area contributed by atoms with Gasteiger partial charge in [0, 0.05) is 19.2 Å². The molecule has 0 spiro atoms. The van der Waals surface area contributed by atoms with Crippen molar-refractivity contribution in [3.8, 4) is 0 Å². The summed E-state index contributed by atoms with van der Waals surface area (Å²) in [5, 5.41) is 3.40. The maximum absolute atomic E-state index is 13.1. The Bertz CT molecular complexity index is 346. The molecule has 2 unspecified atom stereocenters. The Morgan fingerprint density at radius 2 is 2.00 bits per heavy atom. The molecular weight excluding hydrogens is 241 g/mol. The quantitative estimate of drug-likeness (QED) is 0.879. The number of methoxy groups -OCH3 is 1. The van der Waals surface area contributed by atoms with Crippen LogP contribution in [0.4, 0.5) is 4.39 Å². The molecule has 0 aromatic heterocycles. The van der Waals surface area contributed by atoms with Gasteiger partial charge in [0.15, 0.2) is 0 Å². The summed E-state index contributed by atoms with van der Waals surface area (Å²) in [4.78, 5) is 0. The van der Waals surface area contributed by atoms with Crippen molar-refractivity contribution < 1.29 is 9.13 Å². The van der Waals surface area contributed by atoms with Crippen LogP contribution < -0.4 is 5.32 Å². The summed E-state index contributed by atoms with van der Waals surface area (Å²) < 4.78 is 18.2. The number of benzene rings is 1. The lowest BCUT2D eigenvalue weighted by Gasteiger charge is -2.20. The highest BCUT2D eigenvalue weighted by atomic mass is 35.5. The first-order chi connectivity index (χ1) is 7.54. The molecule has 98 valence electrons. The summed E-state index contributed by atoms with van der Waals surface area (Å²) in [6, 6.07) is 5.70. The van der Waals surface area contributed by atoms with E-state index in [1.54, 1.807) is 14.0 Å². The van der Waals surface area contributed by atoms with E-state index >= 15 is 0 Å². The largest absolute Gasteiger partial charge is 0.383 e. The van der Waals surface area contributed by atoms with Gasteiger partial charge >= 0.3 is 0 Å². The lowest BCUT2D eigenvalue weighted by Crippen LogP contribution is -2.32. The summed E-state index contributed by atoms with van der Waals surface area (Å²) in [5.74, 6) is -0.152. The summed E-state index contributed by atoms with van der Waals surface area (Å²) >= 11 is 0. The maximum atomic E-state index is 13.1. The van der Waals surface area contributed by atoms with Gasteiger partial charge in [0.2, 0.25) is 0 Å². The van der Waals surface area contributed by atoms with Crippen LogP contribution in [-0.4, -0.2) is 19.8 Å². The summed E-state index contributed by atoms with van der Waals surface area (Å²) in [7, 11) is 1.69. The van der Waals surface area contributed by atoms with E-state index in [1.807, 2.05) is 12.1 Å². The fraction of sp³-hybridized carbons (Fsp3) is 0.538. The van der Waals surface area contributed by atoms with Crippen LogP contribution in [0.15, 0.2) is 18.2 Å². The van der Waals surface area contributed by atoms with Crippen LogP contribution in [0.5, 0.6) is 0 Å².